The lowest BCUT2D eigenvalue weighted by Gasteiger charge is -2.20. The maximum Gasteiger partial charge on any atom is 0.344 e. The zero-order chi connectivity index (χ0) is 14.5. The van der Waals surface area contributed by atoms with Gasteiger partial charge in [-0.1, -0.05) is 0 Å². The van der Waals surface area contributed by atoms with Gasteiger partial charge < -0.3 is 20.1 Å². The van der Waals surface area contributed by atoms with Crippen molar-refractivity contribution in [1.82, 2.24) is 0 Å². The van der Waals surface area contributed by atoms with E-state index >= 15 is 0 Å². The molecule has 0 saturated heterocycles. The molecule has 8 heteroatoms. The fourth-order valence-electron chi connectivity index (χ4n) is 1.05. The molecule has 0 radical (unpaired) electrons. The number of carbonyl (C=O) groups excluding carboxylic acids is 2. The fraction of sp³-hybridized carbons (Fsp3) is 0.600. The van der Waals surface area contributed by atoms with Crippen molar-refractivity contribution in [3.63, 3.8) is 0 Å². The highest BCUT2D eigenvalue weighted by Gasteiger charge is 2.45. The van der Waals surface area contributed by atoms with Crippen LogP contribution in [-0.2, 0) is 23.9 Å². The first kappa shape index (κ1) is 16.2. The molecule has 0 heterocycles. The predicted octanol–water partition coefficient (Wildman–Crippen LogP) is -1.16. The van der Waals surface area contributed by atoms with Crippen molar-refractivity contribution in [2.45, 2.75) is 32.0 Å². The Morgan fingerprint density at radius 1 is 1.22 bits per heavy atom. The molecule has 0 aliphatic carbocycles. The molecule has 0 fully saturated rings. The molecular formula is C10H14O8. The van der Waals surface area contributed by atoms with Gasteiger partial charge in [-0.2, -0.15) is 0 Å². The number of rotatable bonds is 8. The number of aliphatic hydroxyl groups is 1. The Labute approximate surface area is 102 Å². The van der Waals surface area contributed by atoms with E-state index in [1.54, 1.807) is 0 Å². The molecule has 18 heavy (non-hydrogen) atoms. The summed E-state index contributed by atoms with van der Waals surface area (Å²) in [7, 11) is 0. The monoisotopic (exact) mass is 262 g/mol. The van der Waals surface area contributed by atoms with Gasteiger partial charge in [0.25, 0.3) is 0 Å². The van der Waals surface area contributed by atoms with E-state index in [0.29, 0.717) is 0 Å². The number of ether oxygens (including phenoxy) is 1. The van der Waals surface area contributed by atoms with Crippen molar-refractivity contribution >= 4 is 23.5 Å². The second-order valence-electron chi connectivity index (χ2n) is 3.76. The summed E-state index contributed by atoms with van der Waals surface area (Å²) >= 11 is 0. The molecule has 0 saturated carbocycles. The van der Waals surface area contributed by atoms with Gasteiger partial charge in [0, 0.05) is 0 Å². The highest BCUT2D eigenvalue weighted by atomic mass is 16.5. The van der Waals surface area contributed by atoms with E-state index in [-0.39, 0.29) is 0 Å². The summed E-state index contributed by atoms with van der Waals surface area (Å²) in [4.78, 5) is 43.5. The Balaban J connectivity index is 4.74. The third-order valence-corrected chi connectivity index (χ3v) is 2.13. The van der Waals surface area contributed by atoms with Crippen LogP contribution in [0.3, 0.4) is 0 Å². The van der Waals surface area contributed by atoms with Crippen LogP contribution in [0.1, 0.15) is 20.3 Å². The molecular weight excluding hydrogens is 248 g/mol. The first-order valence-electron chi connectivity index (χ1n) is 4.94. The maximum absolute atomic E-state index is 11.5. The van der Waals surface area contributed by atoms with Gasteiger partial charge in [0.2, 0.25) is 11.4 Å². The highest BCUT2D eigenvalue weighted by molar-refractivity contribution is 6.09. The minimum Gasteiger partial charge on any atom is -0.479 e. The van der Waals surface area contributed by atoms with E-state index < -0.39 is 48.2 Å². The second kappa shape index (κ2) is 6.22. The minimum atomic E-state index is -2.88. The molecule has 0 aromatic carbocycles. The van der Waals surface area contributed by atoms with Crippen LogP contribution < -0.4 is 0 Å². The van der Waals surface area contributed by atoms with Crippen LogP contribution >= 0.6 is 0 Å². The Morgan fingerprint density at radius 2 is 1.72 bits per heavy atom. The molecule has 0 aromatic heterocycles. The van der Waals surface area contributed by atoms with Crippen molar-refractivity contribution in [3.05, 3.63) is 0 Å². The second-order valence-corrected chi connectivity index (χ2v) is 3.76. The molecule has 0 rings (SSSR count). The lowest BCUT2D eigenvalue weighted by atomic mass is 9.93. The molecule has 1 unspecified atom stereocenters. The molecule has 0 spiro atoms. The number of aliphatic carboxylic acids is 2. The summed E-state index contributed by atoms with van der Waals surface area (Å²) in [5.41, 5.74) is -2.88. The first-order valence-corrected chi connectivity index (χ1v) is 4.94. The topological polar surface area (TPSA) is 138 Å². The molecule has 2 atom stereocenters. The van der Waals surface area contributed by atoms with Crippen LogP contribution in [0.2, 0.25) is 0 Å². The van der Waals surface area contributed by atoms with E-state index in [0.717, 1.165) is 13.8 Å². The summed E-state index contributed by atoms with van der Waals surface area (Å²) in [6.45, 7) is 1.24. The normalized spacial score (nSPS) is 15.5. The van der Waals surface area contributed by atoms with Crippen molar-refractivity contribution in [1.29, 1.82) is 0 Å². The molecule has 102 valence electrons. The number of hydrogen-bond donors (Lipinski definition) is 3. The van der Waals surface area contributed by atoms with E-state index in [1.807, 2.05) is 0 Å². The van der Waals surface area contributed by atoms with Crippen LogP contribution in [-0.4, -0.2) is 57.1 Å². The number of carboxylic acids is 2. The van der Waals surface area contributed by atoms with Crippen LogP contribution in [0, 0.1) is 0 Å². The number of carbonyl (C=O) groups is 4. The summed E-state index contributed by atoms with van der Waals surface area (Å²) in [5, 5.41) is 26.8. The van der Waals surface area contributed by atoms with Gasteiger partial charge >= 0.3 is 11.9 Å². The van der Waals surface area contributed by atoms with Crippen molar-refractivity contribution in [2.24, 2.45) is 0 Å². The van der Waals surface area contributed by atoms with E-state index in [2.05, 4.69) is 4.74 Å². The third-order valence-electron chi connectivity index (χ3n) is 2.13. The van der Waals surface area contributed by atoms with Gasteiger partial charge in [-0.05, 0) is 13.8 Å². The lowest BCUT2D eigenvalue weighted by Crippen LogP contribution is -2.50. The molecule has 0 amide bonds. The molecule has 0 aliphatic heterocycles. The Kier molecular flexibility index (Phi) is 5.60. The van der Waals surface area contributed by atoms with Gasteiger partial charge in [0.05, 0.1) is 6.42 Å². The summed E-state index contributed by atoms with van der Waals surface area (Å²) < 4.78 is 4.56. The average Bonchev–Trinajstić information content (AvgIpc) is 2.23. The zero-order valence-corrected chi connectivity index (χ0v) is 9.87. The fourth-order valence-corrected chi connectivity index (χ4v) is 1.05. The molecule has 0 aromatic rings. The van der Waals surface area contributed by atoms with Gasteiger partial charge in [-0.3, -0.25) is 9.59 Å². The number of ketones is 2. The Morgan fingerprint density at radius 3 is 2.06 bits per heavy atom. The first-order chi connectivity index (χ1) is 8.11. The maximum atomic E-state index is 11.5. The van der Waals surface area contributed by atoms with E-state index in [1.165, 1.54) is 0 Å². The van der Waals surface area contributed by atoms with E-state index in [4.69, 9.17) is 10.2 Å². The number of carboxylic acid groups (broad SMARTS) is 2. The smallest absolute Gasteiger partial charge is 0.344 e. The highest BCUT2D eigenvalue weighted by Crippen LogP contribution is 2.14. The minimum absolute atomic E-state index is 0.695. The van der Waals surface area contributed by atoms with Crippen molar-refractivity contribution in [3.8, 4) is 0 Å². The summed E-state index contributed by atoms with van der Waals surface area (Å²) in [6.07, 6.45) is -2.23. The predicted molar refractivity (Wildman–Crippen MR) is 55.9 cm³/mol. The lowest BCUT2D eigenvalue weighted by molar-refractivity contribution is -0.171. The van der Waals surface area contributed by atoms with Gasteiger partial charge in [0.1, 0.15) is 12.4 Å². The molecule has 8 nitrogen and oxygen atoms in total. The Bertz CT molecular complexity index is 374. The van der Waals surface area contributed by atoms with Gasteiger partial charge in [0.15, 0.2) is 6.10 Å². The zero-order valence-electron chi connectivity index (χ0n) is 9.87. The number of hydrogen-bond acceptors (Lipinski definition) is 6. The third kappa shape index (κ3) is 4.22. The van der Waals surface area contributed by atoms with Crippen LogP contribution in [0.15, 0.2) is 0 Å². The van der Waals surface area contributed by atoms with Gasteiger partial charge in [-0.25, -0.2) is 9.59 Å². The molecule has 3 N–H and O–H groups in total. The quantitative estimate of drug-likeness (QED) is 0.465. The van der Waals surface area contributed by atoms with E-state index in [9.17, 15) is 24.3 Å². The molecule has 0 bridgehead atoms. The summed E-state index contributed by atoms with van der Waals surface area (Å²) in [6, 6.07) is 0. The Hall–Kier alpha value is -1.80. The SMILES string of the molecule is CC(=O)CC(O)(C(=O)O)C(=O)CO[C@H](C)C(=O)O. The van der Waals surface area contributed by atoms with Crippen LogP contribution in [0.5, 0.6) is 0 Å². The summed E-state index contributed by atoms with van der Waals surface area (Å²) in [5.74, 6) is -5.19. The molecule has 0 aliphatic rings. The van der Waals surface area contributed by atoms with Crippen LogP contribution in [0.4, 0.5) is 0 Å². The van der Waals surface area contributed by atoms with Gasteiger partial charge in [-0.15, -0.1) is 0 Å². The number of Topliss-reactive ketones (excluding diaryl/α,β-unsaturated/α-hetero) is 2. The standard InChI is InChI=1S/C10H14O8/c1-5(11)3-10(17,9(15)16)7(12)4-18-6(2)8(13)14/h6,17H,3-4H2,1-2H3,(H,13,14)(H,15,16)/t6-,10?/m1/s1. The van der Waals surface area contributed by atoms with Crippen molar-refractivity contribution in [2.75, 3.05) is 6.61 Å². The van der Waals surface area contributed by atoms with Crippen molar-refractivity contribution < 1.29 is 39.2 Å². The van der Waals surface area contributed by atoms with Crippen LogP contribution in [0.25, 0.3) is 0 Å². The average molecular weight is 262 g/mol. The largest absolute Gasteiger partial charge is 0.479 e.